The van der Waals surface area contributed by atoms with Crippen molar-refractivity contribution in [2.45, 2.75) is 32.7 Å². The number of amides is 3. The summed E-state index contributed by atoms with van der Waals surface area (Å²) in [6, 6.07) is 8.87. The summed E-state index contributed by atoms with van der Waals surface area (Å²) in [5, 5.41) is 8.44. The predicted molar refractivity (Wildman–Crippen MR) is 111 cm³/mol. The van der Waals surface area contributed by atoms with Crippen LogP contribution < -0.4 is 25.6 Å². The number of benzene rings is 1. The summed E-state index contributed by atoms with van der Waals surface area (Å²) in [4.78, 5) is 31.0. The number of para-hydroxylation sites is 1. The first-order valence-corrected chi connectivity index (χ1v) is 9.92. The average Bonchev–Trinajstić information content (AvgIpc) is 2.73. The minimum atomic E-state index is -0.343. The molecule has 3 heterocycles. The lowest BCUT2D eigenvalue weighted by molar-refractivity contribution is -0.118. The number of carbonyl (C=O) groups excluding carboxylic acids is 2. The normalized spacial score (nSPS) is 15.8. The second-order valence-electron chi connectivity index (χ2n) is 7.31. The summed E-state index contributed by atoms with van der Waals surface area (Å²) in [5.74, 6) is 1.21. The highest BCUT2D eigenvalue weighted by Crippen LogP contribution is 2.35. The Morgan fingerprint density at radius 1 is 1.21 bits per heavy atom. The molecule has 1 saturated heterocycles. The van der Waals surface area contributed by atoms with Gasteiger partial charge in [0.1, 0.15) is 5.82 Å². The molecule has 1 fully saturated rings. The lowest BCUT2D eigenvalue weighted by Crippen LogP contribution is -2.33. The zero-order valence-corrected chi connectivity index (χ0v) is 16.5. The molecule has 152 valence electrons. The maximum Gasteiger partial charge on any atom is 0.319 e. The number of urea groups is 1. The summed E-state index contributed by atoms with van der Waals surface area (Å²) < 4.78 is 5.47. The molecule has 0 aliphatic carbocycles. The molecule has 0 atom stereocenters. The van der Waals surface area contributed by atoms with E-state index >= 15 is 0 Å². The quantitative estimate of drug-likeness (QED) is 0.740. The van der Waals surface area contributed by atoms with Crippen LogP contribution in [-0.4, -0.2) is 36.6 Å². The zero-order valence-electron chi connectivity index (χ0n) is 16.5. The van der Waals surface area contributed by atoms with Gasteiger partial charge in [0.25, 0.3) is 5.91 Å². The van der Waals surface area contributed by atoms with Crippen LogP contribution in [0.5, 0.6) is 5.75 Å². The molecule has 2 aliphatic rings. The van der Waals surface area contributed by atoms with Crippen LogP contribution in [0.1, 0.15) is 30.5 Å². The van der Waals surface area contributed by atoms with Crippen molar-refractivity contribution in [2.75, 3.05) is 35.2 Å². The number of hydrogen-bond acceptors (Lipinski definition) is 5. The zero-order chi connectivity index (χ0) is 20.2. The Morgan fingerprint density at radius 3 is 2.86 bits per heavy atom. The van der Waals surface area contributed by atoms with Crippen LogP contribution in [-0.2, 0) is 11.3 Å². The second-order valence-corrected chi connectivity index (χ2v) is 7.31. The van der Waals surface area contributed by atoms with Crippen LogP contribution in [0, 0.1) is 6.92 Å². The Balaban J connectivity index is 1.43. The molecule has 1 aromatic heterocycles. The number of ether oxygens (including phenoxy) is 1. The molecule has 3 amide bonds. The first kappa shape index (κ1) is 19.0. The van der Waals surface area contributed by atoms with Crippen molar-refractivity contribution >= 4 is 29.1 Å². The Bertz CT molecular complexity index is 925. The Kier molecular flexibility index (Phi) is 5.50. The fourth-order valence-electron chi connectivity index (χ4n) is 3.64. The number of pyridine rings is 1. The standard InChI is InChI=1S/C21H25N5O3/c1-14-8-9-15(20(23-14)26-10-3-2-4-11-26)12-22-21(28)25-17-7-5-6-16-19(17)29-13-18(27)24-16/h5-9H,2-4,10-13H2,1H3,(H,24,27)(H2,22,25,28). The third-order valence-electron chi connectivity index (χ3n) is 5.08. The maximum absolute atomic E-state index is 12.5. The van der Waals surface area contributed by atoms with Gasteiger partial charge in [-0.3, -0.25) is 4.79 Å². The average molecular weight is 395 g/mol. The van der Waals surface area contributed by atoms with Gasteiger partial charge in [0.15, 0.2) is 12.4 Å². The lowest BCUT2D eigenvalue weighted by Gasteiger charge is -2.29. The highest BCUT2D eigenvalue weighted by molar-refractivity contribution is 5.99. The van der Waals surface area contributed by atoms with E-state index in [1.54, 1.807) is 18.2 Å². The van der Waals surface area contributed by atoms with E-state index in [9.17, 15) is 9.59 Å². The van der Waals surface area contributed by atoms with Crippen LogP contribution >= 0.6 is 0 Å². The van der Waals surface area contributed by atoms with E-state index in [0.717, 1.165) is 30.2 Å². The number of carbonyl (C=O) groups is 2. The van der Waals surface area contributed by atoms with Crippen molar-refractivity contribution < 1.29 is 14.3 Å². The fourth-order valence-corrected chi connectivity index (χ4v) is 3.64. The molecule has 3 N–H and O–H groups in total. The predicted octanol–water partition coefficient (Wildman–Crippen LogP) is 3.03. The van der Waals surface area contributed by atoms with Crippen LogP contribution in [0.2, 0.25) is 0 Å². The number of hydrogen-bond donors (Lipinski definition) is 3. The molecule has 0 unspecified atom stereocenters. The molecule has 1 aromatic carbocycles. The van der Waals surface area contributed by atoms with Crippen molar-refractivity contribution in [2.24, 2.45) is 0 Å². The van der Waals surface area contributed by atoms with Crippen LogP contribution in [0.4, 0.5) is 22.0 Å². The third-order valence-corrected chi connectivity index (χ3v) is 5.08. The number of aromatic nitrogens is 1. The summed E-state index contributed by atoms with van der Waals surface area (Å²) in [7, 11) is 0. The first-order chi connectivity index (χ1) is 14.1. The molecule has 0 bridgehead atoms. The SMILES string of the molecule is Cc1ccc(CNC(=O)Nc2cccc3c2OCC(=O)N3)c(N2CCCCC2)n1. The minimum absolute atomic E-state index is 0.0679. The number of fused-ring (bicyclic) bond motifs is 1. The lowest BCUT2D eigenvalue weighted by atomic mass is 10.1. The van der Waals surface area contributed by atoms with Crippen molar-refractivity contribution in [3.8, 4) is 5.75 Å². The number of nitrogens with one attached hydrogen (secondary N) is 3. The van der Waals surface area contributed by atoms with Gasteiger partial charge in [-0.15, -0.1) is 0 Å². The smallest absolute Gasteiger partial charge is 0.319 e. The Labute approximate surface area is 169 Å². The molecule has 4 rings (SSSR count). The van der Waals surface area contributed by atoms with Crippen molar-refractivity contribution in [3.63, 3.8) is 0 Å². The number of anilines is 3. The van der Waals surface area contributed by atoms with Gasteiger partial charge in [0.05, 0.1) is 11.4 Å². The van der Waals surface area contributed by atoms with Crippen LogP contribution in [0.3, 0.4) is 0 Å². The summed E-state index contributed by atoms with van der Waals surface area (Å²) in [6.45, 7) is 4.28. The number of rotatable bonds is 4. The summed E-state index contributed by atoms with van der Waals surface area (Å²) in [5.41, 5.74) is 3.02. The molecule has 2 aromatic rings. The number of nitrogens with zero attached hydrogens (tertiary/aromatic N) is 2. The van der Waals surface area contributed by atoms with Gasteiger partial charge in [0.2, 0.25) is 0 Å². The summed E-state index contributed by atoms with van der Waals surface area (Å²) in [6.07, 6.45) is 3.58. The van der Waals surface area contributed by atoms with Gasteiger partial charge in [0, 0.05) is 30.9 Å². The molecule has 8 nitrogen and oxygen atoms in total. The van der Waals surface area contributed by atoms with Crippen molar-refractivity contribution in [1.29, 1.82) is 0 Å². The summed E-state index contributed by atoms with van der Waals surface area (Å²) >= 11 is 0. The minimum Gasteiger partial charge on any atom is -0.479 e. The molecule has 0 spiro atoms. The van der Waals surface area contributed by atoms with Crippen molar-refractivity contribution in [3.05, 3.63) is 41.6 Å². The van der Waals surface area contributed by atoms with E-state index in [1.807, 2.05) is 19.1 Å². The van der Waals surface area contributed by atoms with Gasteiger partial charge in [-0.05, 0) is 44.4 Å². The van der Waals surface area contributed by atoms with E-state index in [1.165, 1.54) is 19.3 Å². The van der Waals surface area contributed by atoms with E-state index in [4.69, 9.17) is 9.72 Å². The number of aryl methyl sites for hydroxylation is 1. The van der Waals surface area contributed by atoms with E-state index in [-0.39, 0.29) is 18.5 Å². The van der Waals surface area contributed by atoms with Crippen molar-refractivity contribution in [1.82, 2.24) is 10.3 Å². The molecule has 8 heteroatoms. The molecular formula is C21H25N5O3. The highest BCUT2D eigenvalue weighted by Gasteiger charge is 2.20. The largest absolute Gasteiger partial charge is 0.479 e. The van der Waals surface area contributed by atoms with Crippen LogP contribution in [0.25, 0.3) is 0 Å². The van der Waals surface area contributed by atoms with E-state index in [2.05, 4.69) is 20.9 Å². The fraction of sp³-hybridized carbons (Fsp3) is 0.381. The first-order valence-electron chi connectivity index (χ1n) is 9.92. The van der Waals surface area contributed by atoms with Crippen LogP contribution in [0.15, 0.2) is 30.3 Å². The molecular weight excluding hydrogens is 370 g/mol. The Hall–Kier alpha value is -3.29. The molecule has 0 saturated carbocycles. The third kappa shape index (κ3) is 4.42. The second kappa shape index (κ2) is 8.38. The molecule has 2 aliphatic heterocycles. The van der Waals surface area contributed by atoms with Gasteiger partial charge in [-0.25, -0.2) is 9.78 Å². The van der Waals surface area contributed by atoms with E-state index in [0.29, 0.717) is 23.7 Å². The van der Waals surface area contributed by atoms with Gasteiger partial charge in [-0.1, -0.05) is 12.1 Å². The Morgan fingerprint density at radius 2 is 2.03 bits per heavy atom. The highest BCUT2D eigenvalue weighted by atomic mass is 16.5. The van der Waals surface area contributed by atoms with Gasteiger partial charge < -0.3 is 25.6 Å². The van der Waals surface area contributed by atoms with Gasteiger partial charge >= 0.3 is 6.03 Å². The van der Waals surface area contributed by atoms with E-state index < -0.39 is 0 Å². The molecule has 29 heavy (non-hydrogen) atoms. The topological polar surface area (TPSA) is 95.6 Å². The molecule has 0 radical (unpaired) electrons. The maximum atomic E-state index is 12.5. The monoisotopic (exact) mass is 395 g/mol. The van der Waals surface area contributed by atoms with Gasteiger partial charge in [-0.2, -0.15) is 0 Å². The number of piperidine rings is 1.